The summed E-state index contributed by atoms with van der Waals surface area (Å²) in [4.78, 5) is 34.2. The Balaban J connectivity index is 2.95. The Morgan fingerprint density at radius 1 is 1.33 bits per heavy atom. The number of aliphatic hydroxyl groups is 1. The van der Waals surface area contributed by atoms with Crippen LogP contribution in [0.15, 0.2) is 21.9 Å². The molecule has 1 aromatic rings. The molecule has 0 bridgehead atoms. The van der Waals surface area contributed by atoms with Gasteiger partial charge >= 0.3 is 13.5 Å². The summed E-state index contributed by atoms with van der Waals surface area (Å²) in [6.07, 6.45) is -2.06. The van der Waals surface area contributed by atoms with E-state index in [1.54, 1.807) is 0 Å². The number of nitrogens with one attached hydrogen (secondary N) is 1. The van der Waals surface area contributed by atoms with Gasteiger partial charge in [0.1, 0.15) is 6.10 Å². The van der Waals surface area contributed by atoms with Crippen LogP contribution in [0.3, 0.4) is 0 Å². The number of phosphoric ester groups is 1. The van der Waals surface area contributed by atoms with E-state index in [1.165, 1.54) is 14.0 Å². The van der Waals surface area contributed by atoms with Crippen molar-refractivity contribution in [3.05, 3.63) is 33.1 Å². The lowest BCUT2D eigenvalue weighted by atomic mass is 10.3. The molecule has 11 nitrogen and oxygen atoms in total. The van der Waals surface area contributed by atoms with Gasteiger partial charge in [-0.15, -0.1) is 0 Å². The molecule has 3 N–H and O–H groups in total. The van der Waals surface area contributed by atoms with Crippen LogP contribution in [-0.2, 0) is 23.1 Å². The zero-order valence-electron chi connectivity index (χ0n) is 13.4. The Labute approximate surface area is 137 Å². The van der Waals surface area contributed by atoms with E-state index in [9.17, 15) is 24.2 Å². The second-order valence-corrected chi connectivity index (χ2v) is 6.37. The summed E-state index contributed by atoms with van der Waals surface area (Å²) in [5, 5.41) is 9.86. The summed E-state index contributed by atoms with van der Waals surface area (Å²) in [7, 11) is -1.85. The number of nitrogens with zero attached hydrogens (tertiary/aromatic N) is 1. The van der Waals surface area contributed by atoms with E-state index in [4.69, 9.17) is 14.0 Å². The predicted octanol–water partition coefficient (Wildman–Crippen LogP) is -0.789. The molecule has 0 amide bonds. The van der Waals surface area contributed by atoms with Gasteiger partial charge in [0.05, 0.1) is 19.3 Å². The third kappa shape index (κ3) is 6.29. The van der Waals surface area contributed by atoms with Gasteiger partial charge in [0, 0.05) is 26.5 Å². The average molecular weight is 368 g/mol. The van der Waals surface area contributed by atoms with E-state index < -0.39 is 44.1 Å². The highest BCUT2D eigenvalue weighted by atomic mass is 31.2. The van der Waals surface area contributed by atoms with Crippen LogP contribution in [0, 0.1) is 0 Å². The third-order valence-electron chi connectivity index (χ3n) is 2.88. The lowest BCUT2D eigenvalue weighted by molar-refractivity contribution is -0.140. The van der Waals surface area contributed by atoms with Crippen LogP contribution in [0.5, 0.6) is 0 Å². The normalized spacial score (nSPS) is 17.9. The summed E-state index contributed by atoms with van der Waals surface area (Å²) < 4.78 is 31.8. The van der Waals surface area contributed by atoms with Crippen molar-refractivity contribution >= 4 is 7.82 Å². The highest BCUT2D eigenvalue weighted by Gasteiger charge is 2.27. The minimum Gasteiger partial charge on any atom is -0.389 e. The van der Waals surface area contributed by atoms with Gasteiger partial charge in [0.25, 0.3) is 5.56 Å². The molecule has 138 valence electrons. The minimum absolute atomic E-state index is 0.0506. The Bertz CT molecular complexity index is 671. The maximum atomic E-state index is 11.8. The molecule has 1 rings (SSSR count). The molecule has 4 atom stereocenters. The number of H-pyrrole nitrogens is 1. The third-order valence-corrected chi connectivity index (χ3v) is 3.81. The van der Waals surface area contributed by atoms with Gasteiger partial charge in [-0.3, -0.25) is 23.4 Å². The molecule has 0 fully saturated rings. The Kier molecular flexibility index (Phi) is 7.97. The smallest absolute Gasteiger partial charge is 0.389 e. The van der Waals surface area contributed by atoms with E-state index >= 15 is 0 Å². The fourth-order valence-corrected chi connectivity index (χ4v) is 2.24. The van der Waals surface area contributed by atoms with Gasteiger partial charge in [-0.05, 0) is 6.92 Å². The van der Waals surface area contributed by atoms with Crippen molar-refractivity contribution in [1.82, 2.24) is 9.55 Å². The van der Waals surface area contributed by atoms with Crippen molar-refractivity contribution < 1.29 is 33.1 Å². The molecule has 0 saturated carbocycles. The van der Waals surface area contributed by atoms with Crippen molar-refractivity contribution in [2.24, 2.45) is 0 Å². The number of rotatable bonds is 10. The van der Waals surface area contributed by atoms with Crippen LogP contribution in [0.4, 0.5) is 0 Å². The first-order valence-electron chi connectivity index (χ1n) is 6.87. The molecule has 0 aromatic carbocycles. The summed E-state index contributed by atoms with van der Waals surface area (Å²) in [5.74, 6) is 0. The van der Waals surface area contributed by atoms with Crippen LogP contribution in [0.1, 0.15) is 13.2 Å². The fourth-order valence-electron chi connectivity index (χ4n) is 1.78. The number of aromatic nitrogens is 2. The molecule has 24 heavy (non-hydrogen) atoms. The van der Waals surface area contributed by atoms with Crippen molar-refractivity contribution in [2.75, 3.05) is 27.4 Å². The molecule has 1 heterocycles. The molecular formula is C12H21N2O9P. The molecule has 1 aromatic heterocycles. The van der Waals surface area contributed by atoms with E-state index in [1.807, 2.05) is 4.98 Å². The second kappa shape index (κ2) is 9.23. The number of hydrogen-bond donors (Lipinski definition) is 3. The standard InChI is InChI=1S/C12H21N2O9P/c1-8(15)11(14-5-4-10(16)13-12(14)17)23-9(6-20-2)7-22-24(18,19)21-3/h4-5,8-9,11,15H,6-7H2,1-3H3,(H,18,19)(H,13,16,17)/t8-,9?,11?/m0/s1. The molecule has 0 spiro atoms. The van der Waals surface area contributed by atoms with E-state index in [0.29, 0.717) is 0 Å². The number of methoxy groups -OCH3 is 1. The van der Waals surface area contributed by atoms with Crippen LogP contribution in [-0.4, -0.2) is 59.2 Å². The summed E-state index contributed by atoms with van der Waals surface area (Å²) in [6, 6.07) is 1.09. The number of ether oxygens (including phenoxy) is 2. The Morgan fingerprint density at radius 3 is 2.50 bits per heavy atom. The lowest BCUT2D eigenvalue weighted by Crippen LogP contribution is -2.40. The zero-order valence-corrected chi connectivity index (χ0v) is 14.3. The first-order chi connectivity index (χ1) is 11.2. The number of aliphatic hydroxyl groups excluding tert-OH is 1. The predicted molar refractivity (Wildman–Crippen MR) is 81.6 cm³/mol. The topological polar surface area (TPSA) is 149 Å². The fraction of sp³-hybridized carbons (Fsp3) is 0.667. The van der Waals surface area contributed by atoms with Gasteiger partial charge in [0.15, 0.2) is 6.23 Å². The van der Waals surface area contributed by atoms with Crippen molar-refractivity contribution in [3.63, 3.8) is 0 Å². The van der Waals surface area contributed by atoms with Crippen molar-refractivity contribution in [2.45, 2.75) is 25.4 Å². The van der Waals surface area contributed by atoms with Crippen LogP contribution >= 0.6 is 7.82 Å². The van der Waals surface area contributed by atoms with Crippen molar-refractivity contribution in [1.29, 1.82) is 0 Å². The number of hydrogen-bond acceptors (Lipinski definition) is 8. The molecule has 3 unspecified atom stereocenters. The van der Waals surface area contributed by atoms with E-state index in [2.05, 4.69) is 4.52 Å². The monoisotopic (exact) mass is 368 g/mol. The Hall–Kier alpha value is -1.33. The van der Waals surface area contributed by atoms with E-state index in [-0.39, 0.29) is 6.61 Å². The summed E-state index contributed by atoms with van der Waals surface area (Å²) in [6.45, 7) is 0.931. The lowest BCUT2D eigenvalue weighted by Gasteiger charge is -2.27. The van der Waals surface area contributed by atoms with Gasteiger partial charge in [0.2, 0.25) is 0 Å². The van der Waals surface area contributed by atoms with Crippen LogP contribution < -0.4 is 11.2 Å². The average Bonchev–Trinajstić information content (AvgIpc) is 2.50. The molecule has 12 heteroatoms. The van der Waals surface area contributed by atoms with E-state index in [0.717, 1.165) is 23.9 Å². The minimum atomic E-state index is -4.22. The molecular weight excluding hydrogens is 347 g/mol. The molecule has 0 aliphatic heterocycles. The first-order valence-corrected chi connectivity index (χ1v) is 8.36. The van der Waals surface area contributed by atoms with Crippen molar-refractivity contribution in [3.8, 4) is 0 Å². The zero-order chi connectivity index (χ0) is 18.3. The maximum Gasteiger partial charge on any atom is 0.472 e. The largest absolute Gasteiger partial charge is 0.472 e. The molecule has 0 aliphatic rings. The molecule has 0 aliphatic carbocycles. The number of aromatic amines is 1. The highest BCUT2D eigenvalue weighted by Crippen LogP contribution is 2.42. The SMILES string of the molecule is COCC(COP(=O)(O)OC)OC([C@H](C)O)n1ccc(=O)[nH]c1=O. The molecule has 0 radical (unpaired) electrons. The molecule has 0 saturated heterocycles. The quantitative estimate of drug-likeness (QED) is 0.452. The second-order valence-electron chi connectivity index (χ2n) is 4.81. The summed E-state index contributed by atoms with van der Waals surface area (Å²) >= 11 is 0. The van der Waals surface area contributed by atoms with Gasteiger partial charge in [-0.1, -0.05) is 0 Å². The van der Waals surface area contributed by atoms with Crippen LogP contribution in [0.2, 0.25) is 0 Å². The van der Waals surface area contributed by atoms with Gasteiger partial charge in [-0.2, -0.15) is 0 Å². The first kappa shape index (κ1) is 20.7. The van der Waals surface area contributed by atoms with Crippen LogP contribution in [0.25, 0.3) is 0 Å². The maximum absolute atomic E-state index is 11.8. The highest BCUT2D eigenvalue weighted by molar-refractivity contribution is 7.47. The van der Waals surface area contributed by atoms with Gasteiger partial charge < -0.3 is 19.5 Å². The summed E-state index contributed by atoms with van der Waals surface area (Å²) in [5.41, 5.74) is -1.38. The Morgan fingerprint density at radius 2 is 2.00 bits per heavy atom. The van der Waals surface area contributed by atoms with Gasteiger partial charge in [-0.25, -0.2) is 9.36 Å². The number of phosphoric acid groups is 1.